The molecule has 0 radical (unpaired) electrons. The van der Waals surface area contributed by atoms with E-state index >= 15 is 0 Å². The molecular weight excluding hydrogens is 270 g/mol. The second kappa shape index (κ2) is 6.50. The van der Waals surface area contributed by atoms with Crippen LogP contribution in [0.25, 0.3) is 11.0 Å². The van der Waals surface area contributed by atoms with Crippen molar-refractivity contribution in [1.82, 2.24) is 15.3 Å². The Morgan fingerprint density at radius 1 is 1.40 bits per heavy atom. The smallest absolute Gasteiger partial charge is 0.166 e. The number of H-pyrrole nitrogens is 1. The van der Waals surface area contributed by atoms with Gasteiger partial charge in [-0.05, 0) is 44.4 Å². The summed E-state index contributed by atoms with van der Waals surface area (Å²) in [5.74, 6) is 1.98. The summed E-state index contributed by atoms with van der Waals surface area (Å²) in [6, 6.07) is 6.76. The number of nitrogens with zero attached hydrogens (tertiary/aromatic N) is 1. The van der Waals surface area contributed by atoms with E-state index in [1.165, 1.54) is 25.7 Å². The van der Waals surface area contributed by atoms with E-state index in [2.05, 4.69) is 15.3 Å². The number of ether oxygens (including phenoxy) is 1. The summed E-state index contributed by atoms with van der Waals surface area (Å²) in [5, 5.41) is 4.55. The second-order valence-corrected chi connectivity index (χ2v) is 6.29. The first kappa shape index (κ1) is 13.8. The van der Waals surface area contributed by atoms with Gasteiger partial charge in [-0.3, -0.25) is 0 Å². The lowest BCUT2D eigenvalue weighted by Crippen LogP contribution is -2.17. The summed E-state index contributed by atoms with van der Waals surface area (Å²) in [6.07, 6.45) is 5.22. The molecule has 3 rings (SSSR count). The number of rotatable bonds is 8. The van der Waals surface area contributed by atoms with Crippen LogP contribution in [0.1, 0.15) is 25.7 Å². The van der Waals surface area contributed by atoms with E-state index in [4.69, 9.17) is 4.74 Å². The third-order valence-corrected chi connectivity index (χ3v) is 4.45. The maximum atomic E-state index is 5.22. The predicted octanol–water partition coefficient (Wildman–Crippen LogP) is 3.20. The zero-order chi connectivity index (χ0) is 13.8. The van der Waals surface area contributed by atoms with E-state index in [-0.39, 0.29) is 0 Å². The van der Waals surface area contributed by atoms with E-state index < -0.39 is 0 Å². The van der Waals surface area contributed by atoms with E-state index in [1.54, 1.807) is 18.9 Å². The largest absolute Gasteiger partial charge is 0.497 e. The van der Waals surface area contributed by atoms with Crippen molar-refractivity contribution in [3.8, 4) is 5.75 Å². The molecule has 0 spiro atoms. The van der Waals surface area contributed by atoms with Crippen LogP contribution in [-0.4, -0.2) is 35.4 Å². The Hall–Kier alpha value is -1.20. The Bertz CT molecular complexity index is 565. The topological polar surface area (TPSA) is 49.9 Å². The predicted molar refractivity (Wildman–Crippen MR) is 83.6 cm³/mol. The zero-order valence-electron chi connectivity index (χ0n) is 11.8. The van der Waals surface area contributed by atoms with Crippen molar-refractivity contribution in [3.05, 3.63) is 18.2 Å². The number of unbranched alkanes of at least 4 members (excludes halogenated alkanes) is 1. The fraction of sp³-hybridized carbons (Fsp3) is 0.533. The molecule has 5 heteroatoms. The monoisotopic (exact) mass is 291 g/mol. The summed E-state index contributed by atoms with van der Waals surface area (Å²) < 4.78 is 5.22. The first-order valence-corrected chi connectivity index (χ1v) is 8.23. The number of thioether (sulfide) groups is 1. The summed E-state index contributed by atoms with van der Waals surface area (Å²) in [7, 11) is 1.68. The standard InChI is InChI=1S/C15H21N3OS/c1-19-12-6-7-13-14(10-12)18-15(17-13)20-9-3-2-8-16-11-4-5-11/h6-7,10-11,16H,2-5,8-9H2,1H3,(H,17,18). The summed E-state index contributed by atoms with van der Waals surface area (Å²) in [5.41, 5.74) is 2.05. The van der Waals surface area contributed by atoms with Crippen molar-refractivity contribution in [2.24, 2.45) is 0 Å². The molecule has 1 aromatic carbocycles. The quantitative estimate of drug-likeness (QED) is 0.579. The Morgan fingerprint density at radius 2 is 2.30 bits per heavy atom. The molecule has 0 atom stereocenters. The lowest BCUT2D eigenvalue weighted by Gasteiger charge is -2.01. The van der Waals surface area contributed by atoms with E-state index in [1.807, 2.05) is 18.2 Å². The van der Waals surface area contributed by atoms with Gasteiger partial charge in [0.25, 0.3) is 0 Å². The van der Waals surface area contributed by atoms with Crippen LogP contribution in [-0.2, 0) is 0 Å². The van der Waals surface area contributed by atoms with Crippen LogP contribution >= 0.6 is 11.8 Å². The Balaban J connectivity index is 1.44. The number of methoxy groups -OCH3 is 1. The van der Waals surface area contributed by atoms with Crippen molar-refractivity contribution < 1.29 is 4.74 Å². The normalized spacial score (nSPS) is 14.8. The molecule has 0 aliphatic heterocycles. The molecule has 0 bridgehead atoms. The Kier molecular flexibility index (Phi) is 4.47. The minimum atomic E-state index is 0.827. The molecule has 1 saturated carbocycles. The highest BCUT2D eigenvalue weighted by atomic mass is 32.2. The number of benzene rings is 1. The van der Waals surface area contributed by atoms with Crippen molar-refractivity contribution in [1.29, 1.82) is 0 Å². The second-order valence-electron chi connectivity index (χ2n) is 5.21. The van der Waals surface area contributed by atoms with Crippen molar-refractivity contribution in [3.63, 3.8) is 0 Å². The molecule has 0 amide bonds. The third-order valence-electron chi connectivity index (χ3n) is 3.49. The Morgan fingerprint density at radius 3 is 3.10 bits per heavy atom. The minimum Gasteiger partial charge on any atom is -0.497 e. The molecule has 2 aromatic rings. The van der Waals surface area contributed by atoms with Gasteiger partial charge in [-0.2, -0.15) is 0 Å². The highest BCUT2D eigenvalue weighted by Gasteiger charge is 2.19. The third kappa shape index (κ3) is 3.67. The van der Waals surface area contributed by atoms with Gasteiger partial charge in [0.15, 0.2) is 5.16 Å². The molecule has 1 aromatic heterocycles. The van der Waals surface area contributed by atoms with Crippen molar-refractivity contribution in [2.45, 2.75) is 36.9 Å². The van der Waals surface area contributed by atoms with Crippen LogP contribution in [0.2, 0.25) is 0 Å². The number of nitrogens with one attached hydrogen (secondary N) is 2. The number of hydrogen-bond donors (Lipinski definition) is 2. The van der Waals surface area contributed by atoms with Crippen LogP contribution in [0.5, 0.6) is 5.75 Å². The van der Waals surface area contributed by atoms with Crippen LogP contribution in [0.15, 0.2) is 23.4 Å². The highest BCUT2D eigenvalue weighted by molar-refractivity contribution is 7.99. The zero-order valence-corrected chi connectivity index (χ0v) is 12.6. The number of imidazole rings is 1. The molecule has 1 aliphatic rings. The van der Waals surface area contributed by atoms with Crippen molar-refractivity contribution >= 4 is 22.8 Å². The molecule has 20 heavy (non-hydrogen) atoms. The van der Waals surface area contributed by atoms with Gasteiger partial charge in [-0.25, -0.2) is 4.98 Å². The van der Waals surface area contributed by atoms with Crippen LogP contribution in [0.3, 0.4) is 0 Å². The molecule has 1 heterocycles. The molecule has 108 valence electrons. The minimum absolute atomic E-state index is 0.827. The first-order chi connectivity index (χ1) is 9.85. The van der Waals surface area contributed by atoms with Gasteiger partial charge in [-0.1, -0.05) is 11.8 Å². The van der Waals surface area contributed by atoms with E-state index in [0.717, 1.165) is 40.3 Å². The SMILES string of the molecule is COc1ccc2nc(SCCCCNC3CC3)[nH]c2c1. The lowest BCUT2D eigenvalue weighted by atomic mass is 10.3. The lowest BCUT2D eigenvalue weighted by molar-refractivity contribution is 0.415. The molecule has 1 fully saturated rings. The van der Waals surface area contributed by atoms with Crippen LogP contribution < -0.4 is 10.1 Å². The number of aromatic nitrogens is 2. The molecule has 0 saturated heterocycles. The molecular formula is C15H21N3OS. The molecule has 1 aliphatic carbocycles. The Labute approximate surface area is 123 Å². The fourth-order valence-electron chi connectivity index (χ4n) is 2.15. The van der Waals surface area contributed by atoms with Crippen LogP contribution in [0, 0.1) is 0 Å². The highest BCUT2D eigenvalue weighted by Crippen LogP contribution is 2.23. The van der Waals surface area contributed by atoms with Gasteiger partial charge in [0.1, 0.15) is 5.75 Å². The number of fused-ring (bicyclic) bond motifs is 1. The summed E-state index contributed by atoms with van der Waals surface area (Å²) in [6.45, 7) is 1.16. The van der Waals surface area contributed by atoms with Gasteiger partial charge in [-0.15, -0.1) is 0 Å². The van der Waals surface area contributed by atoms with Crippen molar-refractivity contribution in [2.75, 3.05) is 19.4 Å². The summed E-state index contributed by atoms with van der Waals surface area (Å²) >= 11 is 1.80. The maximum absolute atomic E-state index is 5.22. The van der Waals surface area contributed by atoms with E-state index in [0.29, 0.717) is 0 Å². The van der Waals surface area contributed by atoms with Gasteiger partial charge in [0.05, 0.1) is 18.1 Å². The van der Waals surface area contributed by atoms with Crippen LogP contribution in [0.4, 0.5) is 0 Å². The van der Waals surface area contributed by atoms with Gasteiger partial charge < -0.3 is 15.0 Å². The van der Waals surface area contributed by atoms with Gasteiger partial charge >= 0.3 is 0 Å². The molecule has 2 N–H and O–H groups in total. The molecule has 4 nitrogen and oxygen atoms in total. The summed E-state index contributed by atoms with van der Waals surface area (Å²) in [4.78, 5) is 7.93. The first-order valence-electron chi connectivity index (χ1n) is 7.25. The average Bonchev–Trinajstić information content (AvgIpc) is 3.20. The number of hydrogen-bond acceptors (Lipinski definition) is 4. The maximum Gasteiger partial charge on any atom is 0.166 e. The van der Waals surface area contributed by atoms with Gasteiger partial charge in [0, 0.05) is 17.9 Å². The van der Waals surface area contributed by atoms with E-state index in [9.17, 15) is 0 Å². The molecule has 0 unspecified atom stereocenters. The number of aromatic amines is 1. The average molecular weight is 291 g/mol. The fourth-order valence-corrected chi connectivity index (χ4v) is 3.04. The van der Waals surface area contributed by atoms with Gasteiger partial charge in [0.2, 0.25) is 0 Å².